The van der Waals surface area contributed by atoms with E-state index in [4.69, 9.17) is 16.3 Å². The molecule has 0 aromatic heterocycles. The Morgan fingerprint density at radius 1 is 1.09 bits per heavy atom. The van der Waals surface area contributed by atoms with Crippen LogP contribution in [0.15, 0.2) is 54.6 Å². The highest BCUT2D eigenvalue weighted by molar-refractivity contribution is 6.30. The smallest absolute Gasteiger partial charge is 0.328 e. The van der Waals surface area contributed by atoms with E-state index in [1.807, 2.05) is 30.3 Å². The van der Waals surface area contributed by atoms with Gasteiger partial charge in [0.25, 0.3) is 0 Å². The Morgan fingerprint density at radius 2 is 1.74 bits per heavy atom. The van der Waals surface area contributed by atoms with Crippen LogP contribution in [0.1, 0.15) is 5.56 Å². The monoisotopic (exact) mass is 332 g/mol. The molecule has 0 aliphatic carbocycles. The zero-order chi connectivity index (χ0) is 16.7. The number of methoxy groups -OCH3 is 1. The Kier molecular flexibility index (Phi) is 6.00. The van der Waals surface area contributed by atoms with Crippen LogP contribution >= 0.6 is 11.6 Å². The Balaban J connectivity index is 2.00. The van der Waals surface area contributed by atoms with Crippen molar-refractivity contribution in [2.45, 2.75) is 12.5 Å². The maximum Gasteiger partial charge on any atom is 0.328 e. The molecule has 0 bridgehead atoms. The molecule has 0 unspecified atom stereocenters. The van der Waals surface area contributed by atoms with Gasteiger partial charge in [0.1, 0.15) is 6.04 Å². The first kappa shape index (κ1) is 16.8. The maximum absolute atomic E-state index is 12.1. The summed E-state index contributed by atoms with van der Waals surface area (Å²) in [5.41, 5.74) is 1.50. The van der Waals surface area contributed by atoms with Crippen molar-refractivity contribution in [2.75, 3.05) is 12.4 Å². The molecule has 0 aliphatic rings. The molecule has 1 atom stereocenters. The molecule has 23 heavy (non-hydrogen) atoms. The van der Waals surface area contributed by atoms with Crippen molar-refractivity contribution in [3.8, 4) is 0 Å². The van der Waals surface area contributed by atoms with Gasteiger partial charge in [0, 0.05) is 17.1 Å². The molecule has 5 nitrogen and oxygen atoms in total. The molecule has 0 fully saturated rings. The Labute approximate surface area is 139 Å². The fourth-order valence-corrected chi connectivity index (χ4v) is 2.17. The summed E-state index contributed by atoms with van der Waals surface area (Å²) in [6.45, 7) is 0. The van der Waals surface area contributed by atoms with E-state index in [1.165, 1.54) is 7.11 Å². The lowest BCUT2D eigenvalue weighted by Gasteiger charge is -2.17. The van der Waals surface area contributed by atoms with Crippen LogP contribution in [0.3, 0.4) is 0 Å². The van der Waals surface area contributed by atoms with E-state index in [-0.39, 0.29) is 0 Å². The number of carbonyl (C=O) groups is 2. The summed E-state index contributed by atoms with van der Waals surface area (Å²) in [6.07, 6.45) is 0.349. The number of urea groups is 1. The molecule has 0 radical (unpaired) electrons. The van der Waals surface area contributed by atoms with Gasteiger partial charge in [-0.3, -0.25) is 0 Å². The largest absolute Gasteiger partial charge is 0.467 e. The summed E-state index contributed by atoms with van der Waals surface area (Å²) in [5.74, 6) is -0.500. The molecule has 2 amide bonds. The number of hydrogen-bond donors (Lipinski definition) is 2. The van der Waals surface area contributed by atoms with Crippen molar-refractivity contribution in [3.63, 3.8) is 0 Å². The third kappa shape index (κ3) is 5.30. The SMILES string of the molecule is COC(=O)[C@@H](Cc1ccccc1)NC(=O)Nc1ccc(Cl)cc1. The summed E-state index contributed by atoms with van der Waals surface area (Å²) < 4.78 is 4.75. The van der Waals surface area contributed by atoms with Crippen LogP contribution in [0.4, 0.5) is 10.5 Å². The van der Waals surface area contributed by atoms with E-state index in [1.54, 1.807) is 24.3 Å². The van der Waals surface area contributed by atoms with Crippen molar-refractivity contribution in [3.05, 3.63) is 65.2 Å². The van der Waals surface area contributed by atoms with Gasteiger partial charge in [-0.05, 0) is 29.8 Å². The summed E-state index contributed by atoms with van der Waals surface area (Å²) in [6, 6.07) is 14.8. The Morgan fingerprint density at radius 3 is 2.35 bits per heavy atom. The van der Waals surface area contributed by atoms with Crippen molar-refractivity contribution in [1.29, 1.82) is 0 Å². The highest BCUT2D eigenvalue weighted by atomic mass is 35.5. The minimum Gasteiger partial charge on any atom is -0.467 e. The van der Waals surface area contributed by atoms with Crippen molar-refractivity contribution in [1.82, 2.24) is 5.32 Å². The summed E-state index contributed by atoms with van der Waals surface area (Å²) in [4.78, 5) is 23.9. The number of nitrogens with one attached hydrogen (secondary N) is 2. The van der Waals surface area contributed by atoms with Crippen LogP contribution in [-0.4, -0.2) is 25.2 Å². The van der Waals surface area contributed by atoms with Crippen LogP contribution in [-0.2, 0) is 16.0 Å². The number of benzene rings is 2. The minimum atomic E-state index is -0.769. The summed E-state index contributed by atoms with van der Waals surface area (Å²) >= 11 is 5.79. The van der Waals surface area contributed by atoms with Crippen LogP contribution in [0.5, 0.6) is 0 Å². The molecule has 2 N–H and O–H groups in total. The van der Waals surface area contributed by atoms with Gasteiger partial charge in [0.2, 0.25) is 0 Å². The number of carbonyl (C=O) groups excluding carboxylic acids is 2. The number of anilines is 1. The van der Waals surface area contributed by atoms with Crippen LogP contribution < -0.4 is 10.6 Å². The van der Waals surface area contributed by atoms with E-state index in [9.17, 15) is 9.59 Å². The summed E-state index contributed by atoms with van der Waals surface area (Å²) in [7, 11) is 1.29. The first-order valence-corrected chi connectivity index (χ1v) is 7.41. The van der Waals surface area contributed by atoms with Gasteiger partial charge < -0.3 is 15.4 Å². The fourth-order valence-electron chi connectivity index (χ4n) is 2.04. The first-order chi connectivity index (χ1) is 11.1. The van der Waals surface area contributed by atoms with Gasteiger partial charge in [-0.2, -0.15) is 0 Å². The van der Waals surface area contributed by atoms with Crippen LogP contribution in [0.25, 0.3) is 0 Å². The predicted molar refractivity (Wildman–Crippen MR) is 89.6 cm³/mol. The number of halogens is 1. The molecular weight excluding hydrogens is 316 g/mol. The van der Waals surface area contributed by atoms with Gasteiger partial charge in [-0.25, -0.2) is 9.59 Å². The lowest BCUT2D eigenvalue weighted by atomic mass is 10.1. The molecular formula is C17H17ClN2O3. The zero-order valence-corrected chi connectivity index (χ0v) is 13.3. The molecule has 120 valence electrons. The molecule has 0 aliphatic heterocycles. The third-order valence-corrected chi connectivity index (χ3v) is 3.43. The highest BCUT2D eigenvalue weighted by Crippen LogP contribution is 2.13. The average Bonchev–Trinajstić information content (AvgIpc) is 2.56. The van der Waals surface area contributed by atoms with Crippen molar-refractivity contribution < 1.29 is 14.3 Å². The molecule has 0 heterocycles. The quantitative estimate of drug-likeness (QED) is 0.826. The molecule has 0 spiro atoms. The van der Waals surface area contributed by atoms with Crippen molar-refractivity contribution >= 4 is 29.3 Å². The molecule has 0 saturated carbocycles. The lowest BCUT2D eigenvalue weighted by molar-refractivity contribution is -0.142. The number of ether oxygens (including phenoxy) is 1. The molecule has 2 aromatic carbocycles. The molecule has 2 rings (SSSR count). The van der Waals surface area contributed by atoms with Gasteiger partial charge in [0.05, 0.1) is 7.11 Å². The average molecular weight is 333 g/mol. The Bertz CT molecular complexity index is 659. The van der Waals surface area contributed by atoms with Crippen molar-refractivity contribution in [2.24, 2.45) is 0 Å². The fraction of sp³-hybridized carbons (Fsp3) is 0.176. The first-order valence-electron chi connectivity index (χ1n) is 7.03. The maximum atomic E-state index is 12.1. The standard InChI is InChI=1S/C17H17ClN2O3/c1-23-16(21)15(11-12-5-3-2-4-6-12)20-17(22)19-14-9-7-13(18)8-10-14/h2-10,15H,11H2,1H3,(H2,19,20,22)/t15-/m1/s1. The minimum absolute atomic E-state index is 0.349. The van der Waals surface area contributed by atoms with E-state index in [0.29, 0.717) is 17.1 Å². The second-order valence-corrected chi connectivity index (χ2v) is 5.31. The third-order valence-electron chi connectivity index (χ3n) is 3.18. The van der Waals surface area contributed by atoms with E-state index in [2.05, 4.69) is 10.6 Å². The number of amides is 2. The normalized spacial score (nSPS) is 11.4. The highest BCUT2D eigenvalue weighted by Gasteiger charge is 2.21. The van der Waals surface area contributed by atoms with Crippen LogP contribution in [0.2, 0.25) is 5.02 Å². The van der Waals surface area contributed by atoms with Crippen LogP contribution in [0, 0.1) is 0 Å². The number of esters is 1. The number of rotatable bonds is 5. The Hall–Kier alpha value is -2.53. The van der Waals surface area contributed by atoms with Gasteiger partial charge in [-0.15, -0.1) is 0 Å². The second-order valence-electron chi connectivity index (χ2n) is 4.87. The van der Waals surface area contributed by atoms with Gasteiger partial charge >= 0.3 is 12.0 Å². The number of hydrogen-bond acceptors (Lipinski definition) is 3. The van der Waals surface area contributed by atoms with E-state index < -0.39 is 18.0 Å². The molecule has 0 saturated heterocycles. The molecule has 6 heteroatoms. The molecule has 2 aromatic rings. The van der Waals surface area contributed by atoms with E-state index in [0.717, 1.165) is 5.56 Å². The second kappa shape index (κ2) is 8.19. The zero-order valence-electron chi connectivity index (χ0n) is 12.6. The predicted octanol–water partition coefficient (Wildman–Crippen LogP) is 3.25. The lowest BCUT2D eigenvalue weighted by Crippen LogP contribution is -2.45. The topological polar surface area (TPSA) is 67.4 Å². The van der Waals surface area contributed by atoms with Gasteiger partial charge in [-0.1, -0.05) is 41.9 Å². The summed E-state index contributed by atoms with van der Waals surface area (Å²) in [5, 5.41) is 5.85. The van der Waals surface area contributed by atoms with E-state index >= 15 is 0 Å². The van der Waals surface area contributed by atoms with Gasteiger partial charge in [0.15, 0.2) is 0 Å².